The van der Waals surface area contributed by atoms with Crippen LogP contribution >= 0.6 is 29.2 Å². The number of benzene rings is 4. The van der Waals surface area contributed by atoms with E-state index in [1.54, 1.807) is 4.86 Å². The Kier molecular flexibility index (Phi) is 7.96. The summed E-state index contributed by atoms with van der Waals surface area (Å²) in [5, 5.41) is 19.5. The third kappa shape index (κ3) is 4.12. The first-order chi connectivity index (χ1) is 21.5. The van der Waals surface area contributed by atoms with Gasteiger partial charge in [-0.2, -0.15) is 0 Å². The molecule has 6 rings (SSSR count). The molecule has 46 heavy (non-hydrogen) atoms. The van der Waals surface area contributed by atoms with Crippen molar-refractivity contribution >= 4 is 76.5 Å². The van der Waals surface area contributed by atoms with Gasteiger partial charge in [-0.05, 0) is 136 Å². The van der Waals surface area contributed by atoms with Gasteiger partial charge in [-0.25, -0.2) is 17.9 Å². The number of hydrogen-bond acceptors (Lipinski definition) is 1. The van der Waals surface area contributed by atoms with E-state index in [-0.39, 0.29) is 0 Å². The second-order valence-electron chi connectivity index (χ2n) is 16.3. The molecular formula is C43H58S3. The maximum Gasteiger partial charge on any atom is 0.0411 e. The van der Waals surface area contributed by atoms with Gasteiger partial charge in [-0.1, -0.05) is 105 Å². The molecule has 0 nitrogen and oxygen atoms in total. The summed E-state index contributed by atoms with van der Waals surface area (Å²) in [6.07, 6.45) is 6.61. The van der Waals surface area contributed by atoms with Crippen molar-refractivity contribution in [1.82, 2.24) is 0 Å². The monoisotopic (exact) mass is 670 g/mol. The maximum absolute atomic E-state index is 4.22. The summed E-state index contributed by atoms with van der Waals surface area (Å²) in [6, 6.07) is 21.3. The molecule has 0 saturated carbocycles. The van der Waals surface area contributed by atoms with E-state index in [0.29, 0.717) is 31.5 Å². The smallest absolute Gasteiger partial charge is 0.0411 e. The summed E-state index contributed by atoms with van der Waals surface area (Å²) in [6.45, 7) is 27.4. The third-order valence-corrected chi connectivity index (χ3v) is 33.2. The van der Waals surface area contributed by atoms with Crippen LogP contribution in [0.4, 0.5) is 0 Å². The summed E-state index contributed by atoms with van der Waals surface area (Å²) < 4.78 is 1.36. The van der Waals surface area contributed by atoms with E-state index < -0.39 is 17.9 Å². The van der Waals surface area contributed by atoms with Gasteiger partial charge in [0.05, 0.1) is 0 Å². The molecule has 1 saturated heterocycles. The van der Waals surface area contributed by atoms with Gasteiger partial charge in [0.2, 0.25) is 0 Å². The molecule has 3 heteroatoms. The second-order valence-corrected chi connectivity index (χ2v) is 30.7. The van der Waals surface area contributed by atoms with Gasteiger partial charge in [0.15, 0.2) is 0 Å². The van der Waals surface area contributed by atoms with E-state index in [9.17, 15) is 0 Å². The highest BCUT2D eigenvalue weighted by Crippen LogP contribution is 2.84. The van der Waals surface area contributed by atoms with Gasteiger partial charge >= 0.3 is 0 Å². The summed E-state index contributed by atoms with van der Waals surface area (Å²) in [4.78, 5) is 1.62. The highest BCUT2D eigenvalue weighted by molar-refractivity contribution is 8.54. The minimum atomic E-state index is -2.26. The highest BCUT2D eigenvalue weighted by Gasteiger charge is 2.55. The van der Waals surface area contributed by atoms with Crippen molar-refractivity contribution in [3.63, 3.8) is 0 Å². The molecular weight excluding hydrogens is 613 g/mol. The van der Waals surface area contributed by atoms with Crippen molar-refractivity contribution in [3.8, 4) is 11.2 Å². The van der Waals surface area contributed by atoms with Crippen molar-refractivity contribution in [1.29, 1.82) is 0 Å². The van der Waals surface area contributed by atoms with E-state index in [2.05, 4.69) is 160 Å². The molecule has 5 aromatic rings. The predicted octanol–water partition coefficient (Wildman–Crippen LogP) is 12.7. The molecule has 2 atom stereocenters. The fourth-order valence-electron chi connectivity index (χ4n) is 9.78. The molecule has 0 amide bonds. The third-order valence-electron chi connectivity index (χ3n) is 14.4. The lowest BCUT2D eigenvalue weighted by molar-refractivity contribution is 0.686. The Hall–Kier alpha value is -2.25. The molecule has 1 aliphatic rings. The van der Waals surface area contributed by atoms with Crippen molar-refractivity contribution in [2.24, 2.45) is 0 Å². The quantitative estimate of drug-likeness (QED) is 0.0621. The van der Waals surface area contributed by atoms with Crippen LogP contribution in [0.25, 0.3) is 42.4 Å². The Morgan fingerprint density at radius 1 is 0.761 bits per heavy atom. The molecule has 2 unspecified atom stereocenters. The van der Waals surface area contributed by atoms with Crippen LogP contribution in [0.2, 0.25) is 0 Å². The SMILES string of the molecule is CC(c1c2cc3ccccc3cc2c(C#C[SH]2(C)(C(C)C)C(C)CC2C)c2cc3sccc3cc12)=S(C)(C(C)C)(C(C)C)C(C)C. The molecule has 1 aromatic heterocycles. The van der Waals surface area contributed by atoms with Crippen molar-refractivity contribution in [3.05, 3.63) is 71.1 Å². The highest BCUT2D eigenvalue weighted by atomic mass is 32.3. The zero-order valence-corrected chi connectivity index (χ0v) is 33.2. The van der Waals surface area contributed by atoms with Gasteiger partial charge in [0.25, 0.3) is 0 Å². The first kappa shape index (κ1) is 33.6. The van der Waals surface area contributed by atoms with Crippen LogP contribution < -0.4 is 0 Å². The Bertz CT molecular complexity index is 2120. The van der Waals surface area contributed by atoms with Crippen molar-refractivity contribution in [2.75, 3.05) is 12.5 Å². The topological polar surface area (TPSA) is 0 Å². The zero-order valence-electron chi connectivity index (χ0n) is 30.7. The maximum atomic E-state index is 4.22. The van der Waals surface area contributed by atoms with E-state index in [1.165, 1.54) is 60.0 Å². The molecule has 0 aliphatic carbocycles. The zero-order chi connectivity index (χ0) is 33.6. The van der Waals surface area contributed by atoms with Crippen LogP contribution in [0.15, 0.2) is 60.0 Å². The van der Waals surface area contributed by atoms with Crippen LogP contribution in [-0.4, -0.2) is 48.9 Å². The number of fused-ring (bicyclic) bond motifs is 4. The van der Waals surface area contributed by atoms with E-state index in [4.69, 9.17) is 0 Å². The molecule has 1 aliphatic heterocycles. The standard InChI is InChI=1S/C43H58S3/c1-27(2)45(12,31(9)22-32(45)10)21-19-37-38-23-34-16-14-15-17-35(34)24-40(38)43(41-25-36-18-20-44-42(36)26-39(37)41)33(11)46(13,28(3)4,29(5)6)30(7)8/h14-18,20,23-32,45H,22H2,1-13H3. The van der Waals surface area contributed by atoms with Crippen LogP contribution in [0.1, 0.15) is 93.7 Å². The van der Waals surface area contributed by atoms with Crippen LogP contribution in [0, 0.1) is 11.2 Å². The summed E-state index contributed by atoms with van der Waals surface area (Å²) >= 11 is 1.86. The van der Waals surface area contributed by atoms with Gasteiger partial charge < -0.3 is 0 Å². The fraction of sp³-hybridized carbons (Fsp3) is 0.465. The average molecular weight is 671 g/mol. The number of thiophene rings is 1. The molecule has 4 aromatic carbocycles. The normalized spacial score (nSPS) is 21.3. The minimum absolute atomic E-state index is 0.560. The van der Waals surface area contributed by atoms with Crippen LogP contribution in [0.5, 0.6) is 0 Å². The first-order valence-corrected chi connectivity index (χ1v) is 24.0. The van der Waals surface area contributed by atoms with Crippen molar-refractivity contribution < 1.29 is 0 Å². The van der Waals surface area contributed by atoms with Gasteiger partial charge in [-0.3, -0.25) is 0 Å². The van der Waals surface area contributed by atoms with E-state index in [1.807, 2.05) is 11.3 Å². The molecule has 248 valence electrons. The second kappa shape index (κ2) is 10.9. The number of rotatable bonds is 5. The number of thiol groups is 1. The van der Waals surface area contributed by atoms with E-state index >= 15 is 0 Å². The Morgan fingerprint density at radius 2 is 1.26 bits per heavy atom. The minimum Gasteiger partial charge on any atom is -0.238 e. The Balaban J connectivity index is 1.92. The number of hydrogen-bond donors (Lipinski definition) is 1. The van der Waals surface area contributed by atoms with Crippen molar-refractivity contribution in [2.45, 2.75) is 114 Å². The van der Waals surface area contributed by atoms with Crippen LogP contribution in [0.3, 0.4) is 0 Å². The molecule has 2 heterocycles. The fourth-order valence-corrected chi connectivity index (χ4v) is 22.1. The van der Waals surface area contributed by atoms with Gasteiger partial charge in [-0.15, -0.1) is 11.3 Å². The lowest BCUT2D eigenvalue weighted by Crippen LogP contribution is -2.52. The molecule has 0 radical (unpaired) electrons. The molecule has 0 spiro atoms. The van der Waals surface area contributed by atoms with Gasteiger partial charge in [0.1, 0.15) is 0 Å². The molecule has 0 bridgehead atoms. The average Bonchev–Trinajstić information content (AvgIpc) is 3.47. The lowest BCUT2D eigenvalue weighted by Gasteiger charge is -2.74. The summed E-state index contributed by atoms with van der Waals surface area (Å²) in [5.74, 6) is 4.07. The predicted molar refractivity (Wildman–Crippen MR) is 224 cm³/mol. The largest absolute Gasteiger partial charge is 0.238 e. The molecule has 0 N–H and O–H groups in total. The lowest BCUT2D eigenvalue weighted by atomic mass is 9.88. The summed E-state index contributed by atoms with van der Waals surface area (Å²) in [7, 11) is -4.38. The summed E-state index contributed by atoms with van der Waals surface area (Å²) in [5.41, 5.74) is 2.72. The Morgan fingerprint density at radius 3 is 1.76 bits per heavy atom. The van der Waals surface area contributed by atoms with Crippen LogP contribution in [-0.2, 0) is 0 Å². The van der Waals surface area contributed by atoms with E-state index in [0.717, 1.165) is 0 Å². The Labute approximate surface area is 283 Å². The van der Waals surface area contributed by atoms with Gasteiger partial charge in [0, 0.05) is 15.6 Å². The molecule has 1 fully saturated rings. The first-order valence-electron chi connectivity index (χ1n) is 17.6.